The summed E-state index contributed by atoms with van der Waals surface area (Å²) < 4.78 is 13.3. The zero-order valence-electron chi connectivity index (χ0n) is 14.2. The number of aromatic nitrogens is 3. The Kier molecular flexibility index (Phi) is 4.59. The van der Waals surface area contributed by atoms with Crippen molar-refractivity contribution in [2.45, 2.75) is 0 Å². The monoisotopic (exact) mass is 350 g/mol. The molecule has 0 bridgehead atoms. The van der Waals surface area contributed by atoms with Gasteiger partial charge in [-0.3, -0.25) is 0 Å². The number of hydrogen-bond donors (Lipinski definition) is 1. The van der Waals surface area contributed by atoms with Crippen LogP contribution >= 0.6 is 0 Å². The summed E-state index contributed by atoms with van der Waals surface area (Å²) >= 11 is 0. The van der Waals surface area contributed by atoms with Gasteiger partial charge in [-0.15, -0.1) is 5.10 Å². The molecule has 0 saturated carbocycles. The molecule has 1 aliphatic rings. The summed E-state index contributed by atoms with van der Waals surface area (Å²) in [5.74, 6) is 0.821. The average Bonchev–Trinajstić information content (AvgIpc) is 2.69. The maximum absolute atomic E-state index is 13.3. The van der Waals surface area contributed by atoms with Crippen molar-refractivity contribution in [3.8, 4) is 0 Å². The van der Waals surface area contributed by atoms with Gasteiger partial charge in [0, 0.05) is 37.6 Å². The molecule has 1 saturated heterocycles. The molecular weight excluding hydrogens is 331 g/mol. The molecule has 132 valence electrons. The van der Waals surface area contributed by atoms with Gasteiger partial charge >= 0.3 is 0 Å². The van der Waals surface area contributed by atoms with E-state index in [9.17, 15) is 4.39 Å². The van der Waals surface area contributed by atoms with Gasteiger partial charge < -0.3 is 15.1 Å². The molecule has 0 amide bonds. The Morgan fingerprint density at radius 3 is 2.42 bits per heavy atom. The minimum atomic E-state index is -0.309. The Morgan fingerprint density at radius 1 is 0.885 bits per heavy atom. The fraction of sp³-hybridized carbons (Fsp3) is 0.211. The molecule has 0 atom stereocenters. The lowest BCUT2D eigenvalue weighted by atomic mass is 10.2. The third kappa shape index (κ3) is 3.72. The largest absolute Gasteiger partial charge is 0.368 e. The normalized spacial score (nSPS) is 14.3. The van der Waals surface area contributed by atoms with E-state index in [4.69, 9.17) is 0 Å². The second-order valence-corrected chi connectivity index (χ2v) is 6.08. The van der Waals surface area contributed by atoms with Crippen LogP contribution < -0.4 is 15.1 Å². The van der Waals surface area contributed by atoms with Crippen LogP contribution in [0.1, 0.15) is 0 Å². The van der Waals surface area contributed by atoms with Gasteiger partial charge in [0.25, 0.3) is 0 Å². The molecule has 1 aromatic heterocycles. The minimum Gasteiger partial charge on any atom is -0.368 e. The Labute approximate surface area is 151 Å². The first-order valence-corrected chi connectivity index (χ1v) is 8.55. The number of anilines is 4. The molecule has 26 heavy (non-hydrogen) atoms. The van der Waals surface area contributed by atoms with Crippen molar-refractivity contribution >= 4 is 23.1 Å². The van der Waals surface area contributed by atoms with Gasteiger partial charge in [0.15, 0.2) is 5.82 Å². The molecule has 7 heteroatoms. The molecule has 1 N–H and O–H groups in total. The molecule has 0 aliphatic carbocycles. The highest BCUT2D eigenvalue weighted by molar-refractivity contribution is 5.55. The fourth-order valence-corrected chi connectivity index (χ4v) is 3.03. The predicted molar refractivity (Wildman–Crippen MR) is 100 cm³/mol. The Balaban J connectivity index is 1.43. The summed E-state index contributed by atoms with van der Waals surface area (Å²) in [5.41, 5.74) is 1.83. The number of piperazine rings is 1. The molecule has 2 aromatic carbocycles. The first-order valence-electron chi connectivity index (χ1n) is 8.55. The van der Waals surface area contributed by atoms with Gasteiger partial charge in [0.1, 0.15) is 5.82 Å². The van der Waals surface area contributed by atoms with E-state index < -0.39 is 0 Å². The topological polar surface area (TPSA) is 57.2 Å². The third-order valence-electron chi connectivity index (χ3n) is 4.35. The van der Waals surface area contributed by atoms with Crippen molar-refractivity contribution in [3.63, 3.8) is 0 Å². The second kappa shape index (κ2) is 7.35. The van der Waals surface area contributed by atoms with E-state index in [-0.39, 0.29) is 5.82 Å². The first-order chi connectivity index (χ1) is 12.8. The van der Waals surface area contributed by atoms with E-state index in [0.29, 0.717) is 11.6 Å². The molecule has 0 spiro atoms. The van der Waals surface area contributed by atoms with Gasteiger partial charge in [0.2, 0.25) is 5.95 Å². The summed E-state index contributed by atoms with van der Waals surface area (Å²) in [6.07, 6.45) is 1.66. The predicted octanol–water partition coefficient (Wildman–Crippen LogP) is 3.08. The SMILES string of the molecule is Fc1cccc(Nc2nncc(N3CCN(c4ccccc4)CC3)n2)c1. The maximum Gasteiger partial charge on any atom is 0.249 e. The van der Waals surface area contributed by atoms with Crippen molar-refractivity contribution in [1.29, 1.82) is 0 Å². The van der Waals surface area contributed by atoms with Crippen LogP contribution in [-0.4, -0.2) is 41.4 Å². The lowest BCUT2D eigenvalue weighted by Crippen LogP contribution is -2.46. The number of hydrogen-bond acceptors (Lipinski definition) is 6. The zero-order valence-corrected chi connectivity index (χ0v) is 14.2. The highest BCUT2D eigenvalue weighted by atomic mass is 19.1. The number of halogens is 1. The molecule has 4 rings (SSSR count). The number of nitrogens with one attached hydrogen (secondary N) is 1. The summed E-state index contributed by atoms with van der Waals surface area (Å²) in [4.78, 5) is 9.06. The van der Waals surface area contributed by atoms with Crippen LogP contribution in [0.3, 0.4) is 0 Å². The van der Waals surface area contributed by atoms with Crippen LogP contribution in [-0.2, 0) is 0 Å². The standard InChI is InChI=1S/C19H19FN6/c20-15-5-4-6-16(13-15)22-19-23-18(14-21-24-19)26-11-9-25(10-12-26)17-7-2-1-3-8-17/h1-8,13-14H,9-12H2,(H,22,23,24). The van der Waals surface area contributed by atoms with Gasteiger partial charge in [-0.1, -0.05) is 24.3 Å². The Hall–Kier alpha value is -3.22. The molecule has 1 aliphatic heterocycles. The summed E-state index contributed by atoms with van der Waals surface area (Å²) in [7, 11) is 0. The summed E-state index contributed by atoms with van der Waals surface area (Å²) in [6, 6.07) is 16.6. The van der Waals surface area contributed by atoms with Gasteiger partial charge in [-0.2, -0.15) is 10.1 Å². The molecule has 6 nitrogen and oxygen atoms in total. The highest BCUT2D eigenvalue weighted by Gasteiger charge is 2.19. The van der Waals surface area contributed by atoms with E-state index in [1.54, 1.807) is 18.3 Å². The third-order valence-corrected chi connectivity index (χ3v) is 4.35. The molecule has 0 radical (unpaired) electrons. The molecular formula is C19H19FN6. The van der Waals surface area contributed by atoms with Crippen molar-refractivity contribution in [3.05, 3.63) is 66.6 Å². The van der Waals surface area contributed by atoms with Gasteiger partial charge in [-0.05, 0) is 30.3 Å². The lowest BCUT2D eigenvalue weighted by molar-refractivity contribution is 0.628. The number of benzene rings is 2. The molecule has 0 unspecified atom stereocenters. The zero-order chi connectivity index (χ0) is 17.8. The maximum atomic E-state index is 13.3. The van der Waals surface area contributed by atoms with Gasteiger partial charge in [0.05, 0.1) is 6.20 Å². The van der Waals surface area contributed by atoms with Crippen LogP contribution in [0.4, 0.5) is 27.5 Å². The number of nitrogens with zero attached hydrogens (tertiary/aromatic N) is 5. The lowest BCUT2D eigenvalue weighted by Gasteiger charge is -2.36. The second-order valence-electron chi connectivity index (χ2n) is 6.08. The van der Waals surface area contributed by atoms with Crippen molar-refractivity contribution in [2.24, 2.45) is 0 Å². The summed E-state index contributed by atoms with van der Waals surface area (Å²) in [6.45, 7) is 3.54. The van der Waals surface area contributed by atoms with E-state index in [2.05, 4.69) is 54.6 Å². The van der Waals surface area contributed by atoms with Crippen molar-refractivity contribution in [1.82, 2.24) is 15.2 Å². The van der Waals surface area contributed by atoms with E-state index >= 15 is 0 Å². The van der Waals surface area contributed by atoms with Crippen molar-refractivity contribution in [2.75, 3.05) is 41.3 Å². The smallest absolute Gasteiger partial charge is 0.249 e. The van der Waals surface area contributed by atoms with E-state index in [1.807, 2.05) is 6.07 Å². The van der Waals surface area contributed by atoms with E-state index in [1.165, 1.54) is 17.8 Å². The minimum absolute atomic E-state index is 0.309. The fourth-order valence-electron chi connectivity index (χ4n) is 3.03. The van der Waals surface area contributed by atoms with Gasteiger partial charge in [-0.25, -0.2) is 4.39 Å². The average molecular weight is 350 g/mol. The van der Waals surface area contributed by atoms with Crippen LogP contribution in [0.15, 0.2) is 60.8 Å². The Morgan fingerprint density at radius 2 is 1.65 bits per heavy atom. The molecule has 1 fully saturated rings. The van der Waals surface area contributed by atoms with Crippen LogP contribution in [0.25, 0.3) is 0 Å². The highest BCUT2D eigenvalue weighted by Crippen LogP contribution is 2.20. The molecule has 3 aromatic rings. The number of rotatable bonds is 4. The quantitative estimate of drug-likeness (QED) is 0.780. The van der Waals surface area contributed by atoms with Crippen molar-refractivity contribution < 1.29 is 4.39 Å². The van der Waals surface area contributed by atoms with Crippen LogP contribution in [0.2, 0.25) is 0 Å². The Bertz CT molecular complexity index is 865. The van der Waals surface area contributed by atoms with Crippen LogP contribution in [0, 0.1) is 5.82 Å². The number of para-hydroxylation sites is 1. The van der Waals surface area contributed by atoms with Crippen LogP contribution in [0.5, 0.6) is 0 Å². The first kappa shape index (κ1) is 16.3. The van der Waals surface area contributed by atoms with E-state index in [0.717, 1.165) is 32.0 Å². The molecule has 2 heterocycles. The summed E-state index contributed by atoms with van der Waals surface area (Å²) in [5, 5.41) is 11.0.